The van der Waals surface area contributed by atoms with Crippen molar-refractivity contribution in [3.8, 4) is 0 Å². The number of esters is 1. The molecule has 30 heavy (non-hydrogen) atoms. The summed E-state index contributed by atoms with van der Waals surface area (Å²) in [6, 6.07) is 5.59. The zero-order chi connectivity index (χ0) is 21.7. The van der Waals surface area contributed by atoms with E-state index in [0.717, 1.165) is 12.8 Å². The van der Waals surface area contributed by atoms with E-state index in [1.165, 1.54) is 30.7 Å². The van der Waals surface area contributed by atoms with Crippen molar-refractivity contribution in [2.75, 3.05) is 19.7 Å². The number of hydrogen-bond donors (Lipinski definition) is 1. The van der Waals surface area contributed by atoms with E-state index in [0.29, 0.717) is 43.3 Å². The number of nitrogens with one attached hydrogen (secondary N) is 1. The number of benzene rings is 1. The molecule has 3 atom stereocenters. The number of rotatable bonds is 5. The molecular formula is C23H31FN2O4. The normalized spacial score (nSPS) is 24.9. The molecule has 1 saturated heterocycles. The van der Waals surface area contributed by atoms with Crippen LogP contribution >= 0.6 is 0 Å². The van der Waals surface area contributed by atoms with Gasteiger partial charge in [0.25, 0.3) is 11.8 Å². The molecule has 164 valence electrons. The number of carbonyl (C=O) groups is 3. The molecule has 0 bridgehead atoms. The second-order valence-electron chi connectivity index (χ2n) is 8.62. The summed E-state index contributed by atoms with van der Waals surface area (Å²) in [6.45, 7) is 4.96. The van der Waals surface area contributed by atoms with Crippen LogP contribution in [0.5, 0.6) is 0 Å². The summed E-state index contributed by atoms with van der Waals surface area (Å²) in [6.07, 6.45) is 4.23. The maximum absolute atomic E-state index is 13.0. The number of carbonyl (C=O) groups excluding carboxylic acids is 3. The molecule has 1 heterocycles. The molecule has 3 rings (SSSR count). The lowest BCUT2D eigenvalue weighted by atomic mass is 9.78. The Balaban J connectivity index is 1.40. The molecule has 0 unspecified atom stereocenters. The number of piperidine rings is 1. The summed E-state index contributed by atoms with van der Waals surface area (Å²) in [5, 5.41) is 3.01. The van der Waals surface area contributed by atoms with Gasteiger partial charge in [0.1, 0.15) is 5.82 Å². The first-order valence-corrected chi connectivity index (χ1v) is 10.9. The maximum Gasteiger partial charge on any atom is 0.309 e. The lowest BCUT2D eigenvalue weighted by Gasteiger charge is -2.34. The largest absolute Gasteiger partial charge is 0.455 e. The Bertz CT molecular complexity index is 759. The summed E-state index contributed by atoms with van der Waals surface area (Å²) >= 11 is 0. The predicted molar refractivity (Wildman–Crippen MR) is 110 cm³/mol. The minimum absolute atomic E-state index is 0.140. The van der Waals surface area contributed by atoms with Crippen molar-refractivity contribution >= 4 is 17.8 Å². The molecule has 1 N–H and O–H groups in total. The highest BCUT2D eigenvalue weighted by Crippen LogP contribution is 2.29. The minimum Gasteiger partial charge on any atom is -0.455 e. The average molecular weight is 419 g/mol. The van der Waals surface area contributed by atoms with Gasteiger partial charge in [-0.15, -0.1) is 0 Å². The van der Waals surface area contributed by atoms with Crippen molar-refractivity contribution in [3.05, 3.63) is 35.6 Å². The molecule has 6 nitrogen and oxygen atoms in total. The van der Waals surface area contributed by atoms with E-state index in [-0.39, 0.29) is 42.2 Å². The molecule has 1 aliphatic carbocycles. The van der Waals surface area contributed by atoms with E-state index in [4.69, 9.17) is 4.74 Å². The van der Waals surface area contributed by atoms with Crippen molar-refractivity contribution in [1.82, 2.24) is 10.2 Å². The van der Waals surface area contributed by atoms with Crippen LogP contribution < -0.4 is 5.32 Å². The second-order valence-corrected chi connectivity index (χ2v) is 8.62. The molecule has 1 aliphatic heterocycles. The summed E-state index contributed by atoms with van der Waals surface area (Å²) < 4.78 is 18.3. The molecule has 0 aromatic heterocycles. The lowest BCUT2D eigenvalue weighted by Crippen LogP contribution is -2.45. The van der Waals surface area contributed by atoms with E-state index in [9.17, 15) is 18.8 Å². The molecule has 1 aromatic rings. The summed E-state index contributed by atoms with van der Waals surface area (Å²) in [4.78, 5) is 38.7. The summed E-state index contributed by atoms with van der Waals surface area (Å²) in [7, 11) is 0. The Morgan fingerprint density at radius 1 is 1.07 bits per heavy atom. The SMILES string of the molecule is C[C@@H]1[C@H](C)CCC[C@H]1NC(=O)COC(=O)C1CCN(C(=O)c2ccc(F)cc2)CC1. The Kier molecular flexibility index (Phi) is 7.45. The van der Waals surface area contributed by atoms with Gasteiger partial charge in [0.15, 0.2) is 6.61 Å². The summed E-state index contributed by atoms with van der Waals surface area (Å²) in [5.41, 5.74) is 0.431. The fraction of sp³-hybridized carbons (Fsp3) is 0.609. The first-order valence-electron chi connectivity index (χ1n) is 10.9. The topological polar surface area (TPSA) is 75.7 Å². The number of ether oxygens (including phenoxy) is 1. The van der Waals surface area contributed by atoms with Gasteiger partial charge < -0.3 is 15.0 Å². The van der Waals surface area contributed by atoms with Crippen LogP contribution in [0.3, 0.4) is 0 Å². The van der Waals surface area contributed by atoms with Gasteiger partial charge in [0, 0.05) is 24.7 Å². The summed E-state index contributed by atoms with van der Waals surface area (Å²) in [5.74, 6) is -0.511. The van der Waals surface area contributed by atoms with Gasteiger partial charge in [-0.2, -0.15) is 0 Å². The fourth-order valence-electron chi connectivity index (χ4n) is 4.38. The highest BCUT2D eigenvalue weighted by Gasteiger charge is 2.31. The molecule has 2 fully saturated rings. The van der Waals surface area contributed by atoms with E-state index >= 15 is 0 Å². The van der Waals surface area contributed by atoms with Crippen LogP contribution in [0, 0.1) is 23.6 Å². The van der Waals surface area contributed by atoms with Crippen LogP contribution in [-0.2, 0) is 14.3 Å². The number of halogens is 1. The van der Waals surface area contributed by atoms with Gasteiger partial charge >= 0.3 is 5.97 Å². The van der Waals surface area contributed by atoms with E-state index < -0.39 is 0 Å². The standard InChI is InChI=1S/C23H31FN2O4/c1-15-4-3-5-20(16(15)2)25-21(27)14-30-23(29)18-10-12-26(13-11-18)22(28)17-6-8-19(24)9-7-17/h6-9,15-16,18,20H,3-5,10-14H2,1-2H3,(H,25,27)/t15-,16-,20-/m1/s1. The first kappa shape index (κ1) is 22.2. The van der Waals surface area contributed by atoms with Gasteiger partial charge in [-0.25, -0.2) is 4.39 Å². The van der Waals surface area contributed by atoms with Gasteiger partial charge in [-0.3, -0.25) is 14.4 Å². The van der Waals surface area contributed by atoms with Gasteiger partial charge in [0.2, 0.25) is 0 Å². The third-order valence-electron chi connectivity index (χ3n) is 6.61. The van der Waals surface area contributed by atoms with Gasteiger partial charge in [-0.1, -0.05) is 26.7 Å². The molecular weight excluding hydrogens is 387 g/mol. The Hall–Kier alpha value is -2.44. The van der Waals surface area contributed by atoms with Crippen LogP contribution in [0.15, 0.2) is 24.3 Å². The molecule has 0 spiro atoms. The quantitative estimate of drug-likeness (QED) is 0.746. The molecule has 2 aliphatic rings. The predicted octanol–water partition coefficient (Wildman–Crippen LogP) is 3.16. The molecule has 1 aromatic carbocycles. The number of hydrogen-bond acceptors (Lipinski definition) is 4. The van der Waals surface area contributed by atoms with Crippen molar-refractivity contribution < 1.29 is 23.5 Å². The van der Waals surface area contributed by atoms with Crippen molar-refractivity contribution in [3.63, 3.8) is 0 Å². The number of amides is 2. The highest BCUT2D eigenvalue weighted by molar-refractivity contribution is 5.94. The number of likely N-dealkylation sites (tertiary alicyclic amines) is 1. The molecule has 1 saturated carbocycles. The van der Waals surface area contributed by atoms with Crippen molar-refractivity contribution in [1.29, 1.82) is 0 Å². The smallest absolute Gasteiger partial charge is 0.309 e. The second kappa shape index (κ2) is 10.0. The van der Waals surface area contributed by atoms with Crippen molar-refractivity contribution in [2.24, 2.45) is 17.8 Å². The van der Waals surface area contributed by atoms with Gasteiger partial charge in [0.05, 0.1) is 5.92 Å². The number of nitrogens with zero attached hydrogens (tertiary/aromatic N) is 1. The zero-order valence-corrected chi connectivity index (χ0v) is 17.7. The highest BCUT2D eigenvalue weighted by atomic mass is 19.1. The first-order chi connectivity index (χ1) is 14.3. The van der Waals surface area contributed by atoms with E-state index in [2.05, 4.69) is 19.2 Å². The van der Waals surface area contributed by atoms with Crippen molar-refractivity contribution in [2.45, 2.75) is 52.0 Å². The lowest BCUT2D eigenvalue weighted by molar-refractivity contribution is -0.154. The monoisotopic (exact) mass is 418 g/mol. The van der Waals surface area contributed by atoms with Crippen LogP contribution in [0.2, 0.25) is 0 Å². The van der Waals surface area contributed by atoms with Crippen LogP contribution in [0.4, 0.5) is 4.39 Å². The van der Waals surface area contributed by atoms with Crippen LogP contribution in [-0.4, -0.2) is 48.4 Å². The Morgan fingerprint density at radius 2 is 1.73 bits per heavy atom. The molecule has 2 amide bonds. The van der Waals surface area contributed by atoms with E-state index in [1.807, 2.05) is 0 Å². The van der Waals surface area contributed by atoms with Crippen LogP contribution in [0.25, 0.3) is 0 Å². The Labute approximate surface area is 177 Å². The minimum atomic E-state index is -0.385. The van der Waals surface area contributed by atoms with E-state index in [1.54, 1.807) is 4.90 Å². The third-order valence-corrected chi connectivity index (χ3v) is 6.61. The van der Waals surface area contributed by atoms with Crippen LogP contribution in [0.1, 0.15) is 56.3 Å². The third kappa shape index (κ3) is 5.58. The molecule has 7 heteroatoms. The zero-order valence-electron chi connectivity index (χ0n) is 17.7. The average Bonchev–Trinajstić information content (AvgIpc) is 2.75. The fourth-order valence-corrected chi connectivity index (χ4v) is 4.38. The maximum atomic E-state index is 13.0. The van der Waals surface area contributed by atoms with Gasteiger partial charge in [-0.05, 0) is 55.4 Å². The Morgan fingerprint density at radius 3 is 2.40 bits per heavy atom. The molecule has 0 radical (unpaired) electrons.